The van der Waals surface area contributed by atoms with Gasteiger partial charge in [-0.3, -0.25) is 19.2 Å². The second-order valence-corrected chi connectivity index (χ2v) is 24.8. The van der Waals surface area contributed by atoms with Crippen LogP contribution in [-0.2, 0) is 60.6 Å². The van der Waals surface area contributed by atoms with Gasteiger partial charge in [-0.15, -0.1) is 0 Å². The van der Waals surface area contributed by atoms with Crippen LogP contribution in [0.2, 0.25) is 0 Å². The summed E-state index contributed by atoms with van der Waals surface area (Å²) in [7, 11) is 5.26. The number of nitrogens with zero attached hydrogens (tertiary/aromatic N) is 6. The summed E-state index contributed by atoms with van der Waals surface area (Å²) in [5.74, 6) is -8.30. The number of ketones is 3. The van der Waals surface area contributed by atoms with E-state index < -0.39 is 108 Å². The predicted molar refractivity (Wildman–Crippen MR) is 310 cm³/mol. The van der Waals surface area contributed by atoms with Gasteiger partial charge in [0.05, 0.1) is 30.6 Å². The number of anilines is 1. The largest absolute Gasteiger partial charge is 0.460 e. The number of fused-ring (bicyclic) bond motifs is 4. The summed E-state index contributed by atoms with van der Waals surface area (Å²) in [5.41, 5.74) is 2.91. The zero-order valence-electron chi connectivity index (χ0n) is 50.8. The van der Waals surface area contributed by atoms with Gasteiger partial charge in [-0.25, -0.2) is 19.6 Å². The Kier molecular flexibility index (Phi) is 23.4. The molecule has 15 atom stereocenters. The monoisotopic (exact) mass is 1160 g/mol. The fraction of sp³-hybridized carbons (Fsp3) is 0.714. The van der Waals surface area contributed by atoms with Crippen LogP contribution in [0.5, 0.6) is 0 Å². The number of rotatable bonds is 7. The Bertz CT molecular complexity index is 2560. The topological polar surface area (TPSA) is 248 Å². The minimum Gasteiger partial charge on any atom is -0.460 e. The van der Waals surface area contributed by atoms with Crippen molar-refractivity contribution in [3.63, 3.8) is 0 Å². The van der Waals surface area contributed by atoms with Crippen LogP contribution in [0.15, 0.2) is 53.8 Å². The van der Waals surface area contributed by atoms with E-state index in [0.717, 1.165) is 43.0 Å². The number of amides is 2. The molecule has 1 saturated carbocycles. The third-order valence-corrected chi connectivity index (χ3v) is 18.4. The van der Waals surface area contributed by atoms with Crippen molar-refractivity contribution in [2.24, 2.45) is 35.5 Å². The van der Waals surface area contributed by atoms with Gasteiger partial charge in [0.2, 0.25) is 11.7 Å². The number of piperazine rings is 1. The number of cyclic esters (lactones) is 1. The van der Waals surface area contributed by atoms with E-state index in [4.69, 9.17) is 28.7 Å². The van der Waals surface area contributed by atoms with Gasteiger partial charge in [0.15, 0.2) is 5.78 Å². The van der Waals surface area contributed by atoms with Gasteiger partial charge in [0.25, 0.3) is 11.7 Å². The molecule has 20 nitrogen and oxygen atoms in total. The lowest BCUT2D eigenvalue weighted by Gasteiger charge is -2.42. The maximum Gasteiger partial charge on any atom is 0.410 e. The van der Waals surface area contributed by atoms with E-state index in [1.165, 1.54) is 11.0 Å². The number of hydrogen-bond acceptors (Lipinski definition) is 18. The highest BCUT2D eigenvalue weighted by Gasteiger charge is 2.53. The number of likely N-dealkylation sites (N-methyl/N-ethyl adjacent to an activating group) is 1. The number of carbonyl (C=O) groups excluding carboxylic acids is 6. The van der Waals surface area contributed by atoms with Crippen LogP contribution in [-0.4, -0.2) is 190 Å². The van der Waals surface area contributed by atoms with Crippen LogP contribution in [0.1, 0.15) is 137 Å². The lowest BCUT2D eigenvalue weighted by atomic mass is 9.78. The number of ether oxygens (including phenoxy) is 5. The molecule has 6 heterocycles. The Hall–Kier alpha value is -5.22. The minimum atomic E-state index is -2.47. The summed E-state index contributed by atoms with van der Waals surface area (Å²) in [6.07, 6.45) is 11.2. The summed E-state index contributed by atoms with van der Waals surface area (Å²) in [4.78, 5) is 102. The number of allylic oxidation sites excluding steroid dienone is 6. The van der Waals surface area contributed by atoms with Gasteiger partial charge in [-0.2, -0.15) is 0 Å². The molecule has 1 aromatic heterocycles. The number of aliphatic hydroxyl groups is 3. The molecular formula is C63H94N6O14. The Morgan fingerprint density at radius 2 is 1.59 bits per heavy atom. The van der Waals surface area contributed by atoms with Crippen LogP contribution in [0.25, 0.3) is 0 Å². The Morgan fingerprint density at radius 1 is 0.843 bits per heavy atom. The molecule has 460 valence electrons. The van der Waals surface area contributed by atoms with E-state index in [2.05, 4.69) is 21.8 Å². The third-order valence-electron chi connectivity index (χ3n) is 18.4. The normalized spacial score (nSPS) is 36.3. The van der Waals surface area contributed by atoms with Crippen molar-refractivity contribution < 1.29 is 67.8 Å². The first kappa shape index (κ1) is 65.3. The van der Waals surface area contributed by atoms with Crippen LogP contribution in [0, 0.1) is 35.5 Å². The first-order valence-electron chi connectivity index (χ1n) is 30.4. The molecule has 3 saturated heterocycles. The summed E-state index contributed by atoms with van der Waals surface area (Å²) in [6.45, 7) is 16.7. The molecule has 3 N–H and O–H groups in total. The van der Waals surface area contributed by atoms with Crippen LogP contribution in [0.4, 0.5) is 10.7 Å². The number of aromatic nitrogens is 2. The highest BCUT2D eigenvalue weighted by atomic mass is 16.6. The number of Topliss-reactive ketones (excluding diaryl/α,β-unsaturated/α-hetero) is 3. The number of carbonyl (C=O) groups is 6. The van der Waals surface area contributed by atoms with E-state index in [9.17, 15) is 44.1 Å². The molecule has 1 aromatic rings. The molecule has 4 fully saturated rings. The summed E-state index contributed by atoms with van der Waals surface area (Å²) in [5, 5.41) is 34.5. The molecule has 20 heteroatoms. The number of esters is 1. The second kappa shape index (κ2) is 29.7. The van der Waals surface area contributed by atoms with Crippen molar-refractivity contribution in [1.82, 2.24) is 24.7 Å². The van der Waals surface area contributed by atoms with Crippen molar-refractivity contribution in [3.05, 3.63) is 65.1 Å². The van der Waals surface area contributed by atoms with Crippen LogP contribution < -0.4 is 4.90 Å². The van der Waals surface area contributed by atoms with Gasteiger partial charge in [-0.05, 0) is 114 Å². The molecule has 1 aliphatic carbocycles. The van der Waals surface area contributed by atoms with Crippen molar-refractivity contribution in [2.75, 3.05) is 65.4 Å². The van der Waals surface area contributed by atoms with E-state index in [1.807, 2.05) is 57.3 Å². The summed E-state index contributed by atoms with van der Waals surface area (Å²) >= 11 is 0. The quantitative estimate of drug-likeness (QED) is 0.155. The molecular weight excluding hydrogens is 1060 g/mol. The van der Waals surface area contributed by atoms with Gasteiger partial charge in [0.1, 0.15) is 36.2 Å². The van der Waals surface area contributed by atoms with Gasteiger partial charge < -0.3 is 58.6 Å². The second-order valence-electron chi connectivity index (χ2n) is 24.8. The molecule has 0 spiro atoms. The fourth-order valence-electron chi connectivity index (χ4n) is 12.8. The van der Waals surface area contributed by atoms with E-state index in [-0.39, 0.29) is 49.0 Å². The lowest BCUT2D eigenvalue weighted by molar-refractivity contribution is -0.265. The van der Waals surface area contributed by atoms with E-state index >= 15 is 0 Å². The molecule has 2 bridgehead atoms. The third kappa shape index (κ3) is 16.6. The molecule has 7 rings (SSSR count). The molecule has 6 aliphatic rings. The average molecular weight is 1160 g/mol. The number of piperidine rings is 1. The molecule has 2 amide bonds. The molecule has 5 aliphatic heterocycles. The van der Waals surface area contributed by atoms with E-state index in [0.29, 0.717) is 83.2 Å². The highest BCUT2D eigenvalue weighted by molar-refractivity contribution is 6.39. The molecule has 0 radical (unpaired) electrons. The first-order chi connectivity index (χ1) is 39.5. The number of methoxy groups -OCH3 is 2. The summed E-state index contributed by atoms with van der Waals surface area (Å²) < 4.78 is 30.6. The van der Waals surface area contributed by atoms with Crippen LogP contribution in [0.3, 0.4) is 0 Å². The maximum absolute atomic E-state index is 14.7. The first-order valence-corrected chi connectivity index (χ1v) is 30.4. The number of aliphatic hydroxyl groups excluding tert-OH is 2. The summed E-state index contributed by atoms with van der Waals surface area (Å²) in [6, 6.07) is -1.20. The van der Waals surface area contributed by atoms with Crippen molar-refractivity contribution in [1.29, 1.82) is 0 Å². The van der Waals surface area contributed by atoms with Crippen molar-refractivity contribution in [2.45, 2.75) is 193 Å². The zero-order valence-corrected chi connectivity index (χ0v) is 50.8. The lowest BCUT2D eigenvalue weighted by Crippen LogP contribution is -2.61. The molecule has 83 heavy (non-hydrogen) atoms. The molecule has 1 unspecified atom stereocenters. The predicted octanol–water partition coefficient (Wildman–Crippen LogP) is 6.27. The Morgan fingerprint density at radius 3 is 2.31 bits per heavy atom. The standard InChI is InChI=1S/C63H94N6O14/c1-38-16-12-11-13-17-39(2)52(79-9)34-47-21-19-44(7)63(78,83-47)58(74)59(75)69-24-15-14-18-49(69)60(76)81-53(35-50(70)40(3)31-43(6)56(72)57(73)55(71)42(5)30-38)41(4)32-45-20-22-51(54(33-45)80-10)82-62(77)68-25-23-48-46(37-68)36-64-61(65-48)67-28-26-66(8)27-29-67/h11-13,16-17,31,36,38,40-42,44-45,47,49,51-54,56-57,72-73,78H,14-15,18-30,32-35,37H2,1-10H3/b13-11+,16-12+,39-17+,43-31+/t38-,40-,41-,42?,44-,45+,47+,49+,51-,52+,53+,54-,56-,57+,63-/m1/s1. The maximum atomic E-state index is 14.7. The van der Waals surface area contributed by atoms with Gasteiger partial charge in [-0.1, -0.05) is 71.1 Å². The Labute approximate surface area is 491 Å². The Balaban J connectivity index is 1.08. The number of hydrogen-bond donors (Lipinski definition) is 3. The van der Waals surface area contributed by atoms with Crippen LogP contribution >= 0.6 is 0 Å². The average Bonchev–Trinajstić information content (AvgIpc) is 3.32. The SMILES string of the molecule is CO[C@H]1C[C@@H]2CC[C@@H](C)[C@@](O)(O2)C(=O)C(=O)N2CCCC[C@H]2C(=O)O[C@H]([C@H](C)C[C@@H]2CC[C@@H](OC(=O)N3CCc4nc(N5CCN(C)CC5)ncc4C3)[C@H](OC)C2)CC(=O)[C@H](C)/C=C(\C)[C@@H](O)[C@@H](O)C(=O)C(C)C[C@H](C)/C=C/C=C/C=C/1C. The minimum absolute atomic E-state index is 0.000311. The smallest absolute Gasteiger partial charge is 0.410 e. The van der Waals surface area contributed by atoms with Gasteiger partial charge in [0, 0.05) is 102 Å². The highest BCUT2D eigenvalue weighted by Crippen LogP contribution is 2.38. The molecule has 0 aromatic carbocycles. The van der Waals surface area contributed by atoms with Gasteiger partial charge >= 0.3 is 12.1 Å². The van der Waals surface area contributed by atoms with E-state index in [1.54, 1.807) is 46.8 Å². The van der Waals surface area contributed by atoms with Crippen molar-refractivity contribution in [3.8, 4) is 0 Å². The van der Waals surface area contributed by atoms with Crippen molar-refractivity contribution >= 4 is 41.3 Å². The zero-order chi connectivity index (χ0) is 60.3. The fourth-order valence-corrected chi connectivity index (χ4v) is 12.8.